The number of anilines is 2. The summed E-state index contributed by atoms with van der Waals surface area (Å²) in [5.41, 5.74) is 1.73. The van der Waals surface area contributed by atoms with Gasteiger partial charge >= 0.3 is 0 Å². The number of ether oxygens (including phenoxy) is 3. The summed E-state index contributed by atoms with van der Waals surface area (Å²) in [6.45, 7) is 8.59. The molecule has 0 saturated carbocycles. The number of piperazine rings is 1. The van der Waals surface area contributed by atoms with E-state index in [1.54, 1.807) is 7.11 Å². The van der Waals surface area contributed by atoms with Crippen molar-refractivity contribution in [2.75, 3.05) is 63.3 Å². The van der Waals surface area contributed by atoms with Gasteiger partial charge in [0.1, 0.15) is 17.2 Å². The first kappa shape index (κ1) is 24.6. The Hall–Kier alpha value is -2.64. The van der Waals surface area contributed by atoms with Gasteiger partial charge in [0, 0.05) is 32.2 Å². The summed E-state index contributed by atoms with van der Waals surface area (Å²) in [6, 6.07) is 13.5. The van der Waals surface area contributed by atoms with E-state index in [0.29, 0.717) is 36.9 Å². The SMILES string of the molecule is CCOc1ccc(OCC)c(NC(=O)CN2CCN(c3ccccc3OC)CC2)c1.Cl. The highest BCUT2D eigenvalue weighted by molar-refractivity contribution is 5.94. The smallest absolute Gasteiger partial charge is 0.238 e. The molecule has 1 aliphatic rings. The highest BCUT2D eigenvalue weighted by Crippen LogP contribution is 2.30. The van der Waals surface area contributed by atoms with Gasteiger partial charge in [-0.15, -0.1) is 12.4 Å². The number of nitrogens with one attached hydrogen (secondary N) is 1. The third kappa shape index (κ3) is 6.67. The van der Waals surface area contributed by atoms with Gasteiger partial charge in [-0.1, -0.05) is 12.1 Å². The number of para-hydroxylation sites is 2. The molecule has 1 amide bonds. The Labute approximate surface area is 190 Å². The second kappa shape index (κ2) is 12.3. The molecule has 2 aromatic carbocycles. The van der Waals surface area contributed by atoms with Gasteiger partial charge in [0.15, 0.2) is 0 Å². The van der Waals surface area contributed by atoms with Crippen LogP contribution in [0.1, 0.15) is 13.8 Å². The number of methoxy groups -OCH3 is 1. The fraction of sp³-hybridized carbons (Fsp3) is 0.435. The van der Waals surface area contributed by atoms with Crippen molar-refractivity contribution >= 4 is 29.7 Å². The second-order valence-electron chi connectivity index (χ2n) is 7.01. The summed E-state index contributed by atoms with van der Waals surface area (Å²) in [4.78, 5) is 17.1. The van der Waals surface area contributed by atoms with Gasteiger partial charge in [-0.05, 0) is 38.1 Å². The Kier molecular flexibility index (Phi) is 9.75. The summed E-state index contributed by atoms with van der Waals surface area (Å²) in [5, 5.41) is 2.98. The van der Waals surface area contributed by atoms with E-state index < -0.39 is 0 Å². The highest BCUT2D eigenvalue weighted by Gasteiger charge is 2.21. The van der Waals surface area contributed by atoms with Crippen LogP contribution in [0.3, 0.4) is 0 Å². The minimum atomic E-state index is -0.0599. The maximum Gasteiger partial charge on any atom is 0.238 e. The first-order chi connectivity index (χ1) is 14.6. The van der Waals surface area contributed by atoms with Crippen molar-refractivity contribution in [2.24, 2.45) is 0 Å². The number of carbonyl (C=O) groups is 1. The number of benzene rings is 2. The van der Waals surface area contributed by atoms with Crippen LogP contribution in [0.2, 0.25) is 0 Å². The average Bonchev–Trinajstić information content (AvgIpc) is 2.76. The minimum absolute atomic E-state index is 0. The van der Waals surface area contributed by atoms with Crippen LogP contribution in [0.15, 0.2) is 42.5 Å². The molecular formula is C23H32ClN3O4. The Bertz CT molecular complexity index is 841. The van der Waals surface area contributed by atoms with Crippen LogP contribution in [0, 0.1) is 0 Å². The lowest BCUT2D eigenvalue weighted by molar-refractivity contribution is -0.117. The maximum absolute atomic E-state index is 12.7. The Morgan fingerprint density at radius 1 is 0.968 bits per heavy atom. The molecule has 0 aromatic heterocycles. The standard InChI is InChI=1S/C23H31N3O4.ClH/c1-4-29-18-10-11-21(30-5-2)19(16-18)24-23(27)17-25-12-14-26(15-13-25)20-8-6-7-9-22(20)28-3;/h6-11,16H,4-5,12-15,17H2,1-3H3,(H,24,27);1H. The van der Waals surface area contributed by atoms with Gasteiger partial charge in [-0.2, -0.15) is 0 Å². The summed E-state index contributed by atoms with van der Waals surface area (Å²) in [6.07, 6.45) is 0. The highest BCUT2D eigenvalue weighted by atomic mass is 35.5. The molecular weight excluding hydrogens is 418 g/mol. The second-order valence-corrected chi connectivity index (χ2v) is 7.01. The van der Waals surface area contributed by atoms with Gasteiger partial charge in [0.25, 0.3) is 0 Å². The van der Waals surface area contributed by atoms with E-state index in [4.69, 9.17) is 14.2 Å². The first-order valence-corrected chi connectivity index (χ1v) is 10.4. The molecule has 1 saturated heterocycles. The zero-order chi connectivity index (χ0) is 21.3. The average molecular weight is 450 g/mol. The van der Waals surface area contributed by atoms with Crippen molar-refractivity contribution in [1.29, 1.82) is 0 Å². The van der Waals surface area contributed by atoms with Crippen molar-refractivity contribution in [2.45, 2.75) is 13.8 Å². The molecule has 0 bridgehead atoms. The fourth-order valence-corrected chi connectivity index (χ4v) is 3.58. The van der Waals surface area contributed by atoms with Crippen LogP contribution in [0.4, 0.5) is 11.4 Å². The van der Waals surface area contributed by atoms with E-state index in [0.717, 1.165) is 37.6 Å². The van der Waals surface area contributed by atoms with E-state index in [9.17, 15) is 4.79 Å². The lowest BCUT2D eigenvalue weighted by Gasteiger charge is -2.36. The number of halogens is 1. The molecule has 0 spiro atoms. The van der Waals surface area contributed by atoms with Crippen LogP contribution < -0.4 is 24.4 Å². The zero-order valence-corrected chi connectivity index (χ0v) is 19.2. The number of rotatable bonds is 9. The summed E-state index contributed by atoms with van der Waals surface area (Å²) < 4.78 is 16.7. The van der Waals surface area contributed by atoms with Gasteiger partial charge in [-0.25, -0.2) is 0 Å². The number of carbonyl (C=O) groups excluding carboxylic acids is 1. The molecule has 31 heavy (non-hydrogen) atoms. The van der Waals surface area contributed by atoms with Crippen LogP contribution in [0.25, 0.3) is 0 Å². The Balaban J connectivity index is 0.00000341. The van der Waals surface area contributed by atoms with Crippen molar-refractivity contribution in [3.63, 3.8) is 0 Å². The van der Waals surface area contributed by atoms with E-state index in [2.05, 4.69) is 21.2 Å². The molecule has 2 aromatic rings. The van der Waals surface area contributed by atoms with Gasteiger partial charge < -0.3 is 24.4 Å². The van der Waals surface area contributed by atoms with Crippen molar-refractivity contribution in [3.05, 3.63) is 42.5 Å². The van der Waals surface area contributed by atoms with Crippen LogP contribution in [-0.2, 0) is 4.79 Å². The van der Waals surface area contributed by atoms with Crippen LogP contribution >= 0.6 is 12.4 Å². The lowest BCUT2D eigenvalue weighted by atomic mass is 10.2. The summed E-state index contributed by atoms with van der Waals surface area (Å²) in [7, 11) is 1.69. The molecule has 1 aliphatic heterocycles. The molecule has 0 atom stereocenters. The molecule has 1 heterocycles. The molecule has 8 heteroatoms. The van der Waals surface area contributed by atoms with Crippen molar-refractivity contribution in [1.82, 2.24) is 4.90 Å². The molecule has 170 valence electrons. The van der Waals surface area contributed by atoms with Gasteiger partial charge in [0.2, 0.25) is 5.91 Å². The predicted molar refractivity (Wildman–Crippen MR) is 126 cm³/mol. The largest absolute Gasteiger partial charge is 0.495 e. The minimum Gasteiger partial charge on any atom is -0.495 e. The monoisotopic (exact) mass is 449 g/mol. The van der Waals surface area contributed by atoms with E-state index >= 15 is 0 Å². The Morgan fingerprint density at radius 2 is 1.68 bits per heavy atom. The zero-order valence-electron chi connectivity index (χ0n) is 18.4. The number of nitrogens with zero attached hydrogens (tertiary/aromatic N) is 2. The molecule has 0 aliphatic carbocycles. The number of amides is 1. The van der Waals surface area contributed by atoms with E-state index in [1.807, 2.05) is 50.2 Å². The van der Waals surface area contributed by atoms with E-state index in [-0.39, 0.29) is 18.3 Å². The maximum atomic E-state index is 12.7. The molecule has 0 unspecified atom stereocenters. The van der Waals surface area contributed by atoms with Crippen LogP contribution in [0.5, 0.6) is 17.2 Å². The Morgan fingerprint density at radius 3 is 2.35 bits per heavy atom. The fourth-order valence-electron chi connectivity index (χ4n) is 3.58. The molecule has 1 N–H and O–H groups in total. The first-order valence-electron chi connectivity index (χ1n) is 10.4. The van der Waals surface area contributed by atoms with Gasteiger partial charge in [0.05, 0.1) is 38.2 Å². The normalized spacial score (nSPS) is 13.8. The van der Waals surface area contributed by atoms with Crippen molar-refractivity contribution < 1.29 is 19.0 Å². The number of hydrogen-bond donors (Lipinski definition) is 1. The van der Waals surface area contributed by atoms with E-state index in [1.165, 1.54) is 0 Å². The molecule has 0 radical (unpaired) electrons. The molecule has 7 nitrogen and oxygen atoms in total. The molecule has 3 rings (SSSR count). The quantitative estimate of drug-likeness (QED) is 0.630. The van der Waals surface area contributed by atoms with Crippen LogP contribution in [-0.4, -0.2) is 63.9 Å². The predicted octanol–water partition coefficient (Wildman–Crippen LogP) is 3.68. The van der Waals surface area contributed by atoms with Crippen molar-refractivity contribution in [3.8, 4) is 17.2 Å². The molecule has 1 fully saturated rings. The number of hydrogen-bond acceptors (Lipinski definition) is 6. The van der Waals surface area contributed by atoms with Gasteiger partial charge in [-0.3, -0.25) is 9.69 Å². The summed E-state index contributed by atoms with van der Waals surface area (Å²) in [5.74, 6) is 2.17. The lowest BCUT2D eigenvalue weighted by Crippen LogP contribution is -2.48. The summed E-state index contributed by atoms with van der Waals surface area (Å²) >= 11 is 0. The third-order valence-electron chi connectivity index (χ3n) is 5.00. The topological polar surface area (TPSA) is 63.3 Å². The third-order valence-corrected chi connectivity index (χ3v) is 5.00.